The van der Waals surface area contributed by atoms with Gasteiger partial charge in [0.05, 0.1) is 7.11 Å². The molecule has 3 heteroatoms. The highest BCUT2D eigenvalue weighted by Crippen LogP contribution is 2.60. The van der Waals surface area contributed by atoms with E-state index in [0.717, 1.165) is 23.5 Å². The number of nitrogens with two attached hydrogens (primary N) is 1. The summed E-state index contributed by atoms with van der Waals surface area (Å²) in [7, 11) is 1.71. The second-order valence-corrected chi connectivity index (χ2v) is 5.61. The van der Waals surface area contributed by atoms with Gasteiger partial charge in [-0.1, -0.05) is 25.0 Å². The van der Waals surface area contributed by atoms with Crippen molar-refractivity contribution in [2.45, 2.75) is 31.7 Å². The van der Waals surface area contributed by atoms with Crippen LogP contribution in [0.1, 0.15) is 37.3 Å². The molecule has 0 radical (unpaired) electrons. The molecule has 18 heavy (non-hydrogen) atoms. The summed E-state index contributed by atoms with van der Waals surface area (Å²) in [5, 5.41) is 0. The third-order valence-corrected chi connectivity index (χ3v) is 4.74. The van der Waals surface area contributed by atoms with Crippen LogP contribution < -0.4 is 16.0 Å². The fraction of sp³-hybridized carbons (Fsp3) is 0.600. The summed E-state index contributed by atoms with van der Waals surface area (Å²) >= 11 is 0. The van der Waals surface area contributed by atoms with Crippen molar-refractivity contribution < 1.29 is 4.74 Å². The first kappa shape index (κ1) is 12.0. The number of rotatable bonds is 4. The van der Waals surface area contributed by atoms with Crippen molar-refractivity contribution in [2.24, 2.45) is 23.6 Å². The van der Waals surface area contributed by atoms with Crippen LogP contribution in [0, 0.1) is 17.8 Å². The summed E-state index contributed by atoms with van der Waals surface area (Å²) in [6, 6.07) is 8.57. The van der Waals surface area contributed by atoms with E-state index in [0.29, 0.717) is 0 Å². The molecule has 1 aromatic carbocycles. The normalized spacial score (nSPS) is 31.6. The van der Waals surface area contributed by atoms with Crippen LogP contribution in [0.5, 0.6) is 5.75 Å². The number of nitrogens with one attached hydrogen (secondary N) is 1. The molecule has 2 aliphatic carbocycles. The molecule has 3 N–H and O–H groups in total. The average Bonchev–Trinajstić information content (AvgIpc) is 3.15. The quantitative estimate of drug-likeness (QED) is 0.634. The van der Waals surface area contributed by atoms with Gasteiger partial charge in [-0.3, -0.25) is 11.3 Å². The lowest BCUT2D eigenvalue weighted by Crippen LogP contribution is -2.30. The number of benzene rings is 1. The smallest absolute Gasteiger partial charge is 0.119 e. The zero-order valence-electron chi connectivity index (χ0n) is 10.9. The van der Waals surface area contributed by atoms with Crippen molar-refractivity contribution >= 4 is 0 Å². The minimum atomic E-state index is 0.285. The molecule has 3 nitrogen and oxygen atoms in total. The van der Waals surface area contributed by atoms with Crippen LogP contribution in [0.4, 0.5) is 0 Å². The van der Waals surface area contributed by atoms with Crippen LogP contribution in [0.3, 0.4) is 0 Å². The van der Waals surface area contributed by atoms with Crippen molar-refractivity contribution in [3.63, 3.8) is 0 Å². The molecule has 3 unspecified atom stereocenters. The minimum absolute atomic E-state index is 0.285. The molecule has 3 atom stereocenters. The first-order valence-corrected chi connectivity index (χ1v) is 6.95. The molecule has 0 heterocycles. The Morgan fingerprint density at radius 1 is 1.28 bits per heavy atom. The maximum atomic E-state index is 5.80. The number of hydrogen-bond donors (Lipinski definition) is 2. The Kier molecular flexibility index (Phi) is 3.27. The zero-order chi connectivity index (χ0) is 12.5. The van der Waals surface area contributed by atoms with Crippen LogP contribution in [0.15, 0.2) is 24.3 Å². The molecule has 2 fully saturated rings. The Morgan fingerprint density at radius 2 is 2.00 bits per heavy atom. The Labute approximate surface area is 109 Å². The maximum absolute atomic E-state index is 5.80. The summed E-state index contributed by atoms with van der Waals surface area (Å²) in [6.45, 7) is 0. The van der Waals surface area contributed by atoms with Crippen LogP contribution in [0.2, 0.25) is 0 Å². The average molecular weight is 246 g/mol. The van der Waals surface area contributed by atoms with Gasteiger partial charge in [0.25, 0.3) is 0 Å². The van der Waals surface area contributed by atoms with E-state index in [1.807, 2.05) is 12.1 Å². The van der Waals surface area contributed by atoms with Crippen molar-refractivity contribution in [1.29, 1.82) is 0 Å². The van der Waals surface area contributed by atoms with E-state index in [9.17, 15) is 0 Å². The Hall–Kier alpha value is -1.06. The summed E-state index contributed by atoms with van der Waals surface area (Å²) in [5.41, 5.74) is 4.29. The van der Waals surface area contributed by atoms with Crippen LogP contribution in [-0.4, -0.2) is 7.11 Å². The standard InChI is InChI=1S/C15H22N2O/c1-18-11-6-4-5-10(9-11)15(17-16)14-12-7-2-3-8-13(12)14/h4-6,9,12-15,17H,2-3,7-8,16H2,1H3. The topological polar surface area (TPSA) is 47.3 Å². The van der Waals surface area contributed by atoms with E-state index in [1.165, 1.54) is 31.2 Å². The van der Waals surface area contributed by atoms with Crippen molar-refractivity contribution in [3.05, 3.63) is 29.8 Å². The molecule has 0 spiro atoms. The van der Waals surface area contributed by atoms with Gasteiger partial charge in [-0.2, -0.15) is 0 Å². The highest BCUT2D eigenvalue weighted by Gasteiger charge is 2.54. The van der Waals surface area contributed by atoms with E-state index in [4.69, 9.17) is 10.6 Å². The predicted octanol–water partition coefficient (Wildman–Crippen LogP) is 2.64. The van der Waals surface area contributed by atoms with Crippen molar-refractivity contribution in [1.82, 2.24) is 5.43 Å². The third-order valence-electron chi connectivity index (χ3n) is 4.74. The van der Waals surface area contributed by atoms with E-state index in [-0.39, 0.29) is 6.04 Å². The van der Waals surface area contributed by atoms with Gasteiger partial charge in [-0.15, -0.1) is 0 Å². The first-order valence-electron chi connectivity index (χ1n) is 6.95. The molecule has 2 saturated carbocycles. The van der Waals surface area contributed by atoms with Crippen LogP contribution in [0.25, 0.3) is 0 Å². The molecule has 0 bridgehead atoms. The van der Waals surface area contributed by atoms with Gasteiger partial charge < -0.3 is 4.74 Å². The maximum Gasteiger partial charge on any atom is 0.119 e. The summed E-state index contributed by atoms with van der Waals surface area (Å²) in [6.07, 6.45) is 5.56. The van der Waals surface area contributed by atoms with E-state index < -0.39 is 0 Å². The second-order valence-electron chi connectivity index (χ2n) is 5.61. The Balaban J connectivity index is 1.79. The molecule has 2 aliphatic rings. The highest BCUT2D eigenvalue weighted by atomic mass is 16.5. The largest absolute Gasteiger partial charge is 0.497 e. The van der Waals surface area contributed by atoms with Gasteiger partial charge in [0.2, 0.25) is 0 Å². The number of hydrazine groups is 1. The number of ether oxygens (including phenoxy) is 1. The summed E-state index contributed by atoms with van der Waals surface area (Å²) in [4.78, 5) is 0. The lowest BCUT2D eigenvalue weighted by atomic mass is 10.0. The van der Waals surface area contributed by atoms with Gasteiger partial charge in [0.1, 0.15) is 5.75 Å². The minimum Gasteiger partial charge on any atom is -0.497 e. The number of methoxy groups -OCH3 is 1. The molecular weight excluding hydrogens is 224 g/mol. The molecule has 0 aliphatic heterocycles. The fourth-order valence-corrected chi connectivity index (χ4v) is 3.81. The van der Waals surface area contributed by atoms with Crippen LogP contribution in [-0.2, 0) is 0 Å². The van der Waals surface area contributed by atoms with Crippen molar-refractivity contribution in [2.75, 3.05) is 7.11 Å². The van der Waals surface area contributed by atoms with E-state index >= 15 is 0 Å². The summed E-state index contributed by atoms with van der Waals surface area (Å²) in [5.74, 6) is 9.23. The van der Waals surface area contributed by atoms with E-state index in [2.05, 4.69) is 17.6 Å². The van der Waals surface area contributed by atoms with Crippen LogP contribution >= 0.6 is 0 Å². The van der Waals surface area contributed by atoms with Gasteiger partial charge in [-0.05, 0) is 48.3 Å². The van der Waals surface area contributed by atoms with Gasteiger partial charge in [0.15, 0.2) is 0 Å². The molecule has 98 valence electrons. The molecule has 0 amide bonds. The molecular formula is C15H22N2O. The monoisotopic (exact) mass is 246 g/mol. The molecule has 3 rings (SSSR count). The zero-order valence-corrected chi connectivity index (χ0v) is 10.9. The molecule has 0 aromatic heterocycles. The SMILES string of the molecule is COc1cccc(C(NN)C2C3CCCCC32)c1. The number of hydrogen-bond acceptors (Lipinski definition) is 3. The van der Waals surface area contributed by atoms with Gasteiger partial charge in [0, 0.05) is 6.04 Å². The molecule has 1 aromatic rings. The third kappa shape index (κ3) is 2.02. The predicted molar refractivity (Wildman–Crippen MR) is 72.0 cm³/mol. The Bertz CT molecular complexity index is 409. The molecule has 0 saturated heterocycles. The first-order chi connectivity index (χ1) is 8.85. The van der Waals surface area contributed by atoms with Crippen molar-refractivity contribution in [3.8, 4) is 5.75 Å². The lowest BCUT2D eigenvalue weighted by Gasteiger charge is -2.17. The van der Waals surface area contributed by atoms with Gasteiger partial charge in [-0.25, -0.2) is 0 Å². The van der Waals surface area contributed by atoms with E-state index in [1.54, 1.807) is 7.11 Å². The fourth-order valence-electron chi connectivity index (χ4n) is 3.81. The highest BCUT2D eigenvalue weighted by molar-refractivity contribution is 5.32. The summed E-state index contributed by atoms with van der Waals surface area (Å²) < 4.78 is 5.30. The Morgan fingerprint density at radius 3 is 2.61 bits per heavy atom. The lowest BCUT2D eigenvalue weighted by molar-refractivity contribution is 0.410. The second kappa shape index (κ2) is 4.90. The number of fused-ring (bicyclic) bond motifs is 1. The van der Waals surface area contributed by atoms with Gasteiger partial charge >= 0.3 is 0 Å².